The van der Waals surface area contributed by atoms with Crippen molar-refractivity contribution in [3.63, 3.8) is 0 Å². The second kappa shape index (κ2) is 8.45. The van der Waals surface area contributed by atoms with E-state index in [0.29, 0.717) is 17.1 Å². The van der Waals surface area contributed by atoms with Crippen molar-refractivity contribution < 1.29 is 18.7 Å². The number of ether oxygens (including phenoxy) is 1. The fourth-order valence-electron chi connectivity index (χ4n) is 1.98. The molecular formula is C18H17ClFNO3. The normalized spacial score (nSPS) is 10.3. The summed E-state index contributed by atoms with van der Waals surface area (Å²) in [6.07, 6.45) is 0.545. The molecule has 0 spiro atoms. The molecule has 0 bridgehead atoms. The van der Waals surface area contributed by atoms with Gasteiger partial charge in [0.1, 0.15) is 5.82 Å². The van der Waals surface area contributed by atoms with Crippen LogP contribution in [0.4, 0.5) is 10.1 Å². The summed E-state index contributed by atoms with van der Waals surface area (Å²) in [5, 5.41) is 3.15. The van der Waals surface area contributed by atoms with Crippen LogP contribution in [-0.2, 0) is 20.7 Å². The number of aryl methyl sites for hydroxylation is 2. The summed E-state index contributed by atoms with van der Waals surface area (Å²) in [4.78, 5) is 23.4. The molecule has 0 aliphatic rings. The molecule has 24 heavy (non-hydrogen) atoms. The SMILES string of the molecule is Cc1ccc(NC(=O)COC(=O)CCc2ccc(F)cc2)cc1Cl. The third kappa shape index (κ3) is 5.66. The zero-order valence-electron chi connectivity index (χ0n) is 13.1. The van der Waals surface area contributed by atoms with Crippen LogP contribution in [0, 0.1) is 12.7 Å². The maximum atomic E-state index is 12.8. The van der Waals surface area contributed by atoms with Crippen molar-refractivity contribution in [1.82, 2.24) is 0 Å². The first-order valence-electron chi connectivity index (χ1n) is 7.40. The minimum atomic E-state index is -0.489. The van der Waals surface area contributed by atoms with E-state index < -0.39 is 11.9 Å². The molecule has 2 aromatic carbocycles. The molecule has 0 aromatic heterocycles. The largest absolute Gasteiger partial charge is 0.456 e. The molecule has 4 nitrogen and oxygen atoms in total. The number of benzene rings is 2. The van der Waals surface area contributed by atoms with Crippen LogP contribution in [0.1, 0.15) is 17.5 Å². The van der Waals surface area contributed by atoms with Gasteiger partial charge in [0.2, 0.25) is 0 Å². The zero-order chi connectivity index (χ0) is 17.5. The van der Waals surface area contributed by atoms with E-state index in [-0.39, 0.29) is 18.8 Å². The third-order valence-corrected chi connectivity index (χ3v) is 3.76. The Morgan fingerprint density at radius 3 is 2.54 bits per heavy atom. The summed E-state index contributed by atoms with van der Waals surface area (Å²) in [5.74, 6) is -1.25. The molecule has 0 aliphatic heterocycles. The van der Waals surface area contributed by atoms with Crippen LogP contribution in [-0.4, -0.2) is 18.5 Å². The van der Waals surface area contributed by atoms with Gasteiger partial charge < -0.3 is 10.1 Å². The first kappa shape index (κ1) is 17.9. The van der Waals surface area contributed by atoms with Crippen LogP contribution in [0.3, 0.4) is 0 Å². The van der Waals surface area contributed by atoms with Gasteiger partial charge in [0, 0.05) is 17.1 Å². The predicted octanol–water partition coefficient (Wildman–Crippen LogP) is 3.90. The molecule has 0 heterocycles. The van der Waals surface area contributed by atoms with E-state index in [1.54, 1.807) is 30.3 Å². The standard InChI is InChI=1S/C18H17ClFNO3/c1-12-2-8-15(10-16(12)19)21-17(22)11-24-18(23)9-5-13-3-6-14(20)7-4-13/h2-4,6-8,10H,5,9,11H2,1H3,(H,21,22). The fraction of sp³-hybridized carbons (Fsp3) is 0.222. The molecule has 2 rings (SSSR count). The van der Waals surface area contributed by atoms with Crippen LogP contribution < -0.4 is 5.32 Å². The lowest BCUT2D eigenvalue weighted by Crippen LogP contribution is -2.21. The maximum Gasteiger partial charge on any atom is 0.306 e. The molecule has 1 N–H and O–H groups in total. The second-order valence-corrected chi connectivity index (χ2v) is 5.71. The predicted molar refractivity (Wildman–Crippen MR) is 90.5 cm³/mol. The van der Waals surface area contributed by atoms with Crippen molar-refractivity contribution in [1.29, 1.82) is 0 Å². The van der Waals surface area contributed by atoms with Gasteiger partial charge in [-0.05, 0) is 48.7 Å². The number of halogens is 2. The van der Waals surface area contributed by atoms with E-state index in [0.717, 1.165) is 11.1 Å². The molecule has 0 fully saturated rings. The first-order chi connectivity index (χ1) is 11.4. The Hall–Kier alpha value is -2.40. The van der Waals surface area contributed by atoms with Gasteiger partial charge in [0.05, 0.1) is 0 Å². The smallest absolute Gasteiger partial charge is 0.306 e. The highest BCUT2D eigenvalue weighted by Crippen LogP contribution is 2.19. The lowest BCUT2D eigenvalue weighted by molar-refractivity contribution is -0.147. The molecule has 0 saturated heterocycles. The summed E-state index contributed by atoms with van der Waals surface area (Å²) in [6, 6.07) is 11.0. The van der Waals surface area contributed by atoms with Crippen LogP contribution in [0.2, 0.25) is 5.02 Å². The molecule has 0 aliphatic carbocycles. The number of rotatable bonds is 6. The molecule has 0 unspecified atom stereocenters. The number of nitrogens with one attached hydrogen (secondary N) is 1. The molecule has 126 valence electrons. The minimum Gasteiger partial charge on any atom is -0.456 e. The maximum absolute atomic E-state index is 12.8. The van der Waals surface area contributed by atoms with E-state index in [2.05, 4.69) is 5.32 Å². The topological polar surface area (TPSA) is 55.4 Å². The van der Waals surface area contributed by atoms with Gasteiger partial charge in [-0.25, -0.2) is 4.39 Å². The Kier molecular flexibility index (Phi) is 6.32. The number of carbonyl (C=O) groups excluding carboxylic acids is 2. The molecule has 0 radical (unpaired) electrons. The van der Waals surface area contributed by atoms with Gasteiger partial charge in [0.25, 0.3) is 5.91 Å². The average Bonchev–Trinajstić information content (AvgIpc) is 2.56. The number of esters is 1. The Bertz CT molecular complexity index is 732. The van der Waals surface area contributed by atoms with Crippen LogP contribution >= 0.6 is 11.6 Å². The Balaban J connectivity index is 1.73. The Morgan fingerprint density at radius 1 is 1.17 bits per heavy atom. The number of carbonyl (C=O) groups is 2. The summed E-state index contributed by atoms with van der Waals surface area (Å²) < 4.78 is 17.7. The van der Waals surface area contributed by atoms with Gasteiger partial charge in [0.15, 0.2) is 6.61 Å². The second-order valence-electron chi connectivity index (χ2n) is 5.30. The highest BCUT2D eigenvalue weighted by atomic mass is 35.5. The van der Waals surface area contributed by atoms with Crippen molar-refractivity contribution in [2.24, 2.45) is 0 Å². The highest BCUT2D eigenvalue weighted by molar-refractivity contribution is 6.31. The van der Waals surface area contributed by atoms with Crippen LogP contribution in [0.25, 0.3) is 0 Å². The minimum absolute atomic E-state index is 0.120. The molecule has 6 heteroatoms. The molecule has 2 aromatic rings. The summed E-state index contributed by atoms with van der Waals surface area (Å²) >= 11 is 5.97. The van der Waals surface area contributed by atoms with Gasteiger partial charge in [-0.15, -0.1) is 0 Å². The van der Waals surface area contributed by atoms with Gasteiger partial charge in [-0.2, -0.15) is 0 Å². The highest BCUT2D eigenvalue weighted by Gasteiger charge is 2.09. The van der Waals surface area contributed by atoms with Crippen molar-refractivity contribution in [3.05, 3.63) is 64.4 Å². The van der Waals surface area contributed by atoms with E-state index in [1.807, 2.05) is 6.92 Å². The van der Waals surface area contributed by atoms with Gasteiger partial charge in [-0.3, -0.25) is 9.59 Å². The van der Waals surface area contributed by atoms with Crippen molar-refractivity contribution in [2.75, 3.05) is 11.9 Å². The molecule has 0 saturated carbocycles. The van der Waals surface area contributed by atoms with Crippen LogP contribution in [0.5, 0.6) is 0 Å². The van der Waals surface area contributed by atoms with Crippen molar-refractivity contribution >= 4 is 29.2 Å². The first-order valence-corrected chi connectivity index (χ1v) is 7.78. The summed E-state index contributed by atoms with van der Waals surface area (Å²) in [5.41, 5.74) is 2.27. The Labute approximate surface area is 144 Å². The van der Waals surface area contributed by atoms with Gasteiger partial charge >= 0.3 is 5.97 Å². The summed E-state index contributed by atoms with van der Waals surface area (Å²) in [6.45, 7) is 1.49. The van der Waals surface area contributed by atoms with E-state index in [4.69, 9.17) is 16.3 Å². The Morgan fingerprint density at radius 2 is 1.88 bits per heavy atom. The number of anilines is 1. The number of amides is 1. The monoisotopic (exact) mass is 349 g/mol. The van der Waals surface area contributed by atoms with Gasteiger partial charge in [-0.1, -0.05) is 29.8 Å². The summed E-state index contributed by atoms with van der Waals surface area (Å²) in [7, 11) is 0. The van der Waals surface area contributed by atoms with E-state index in [9.17, 15) is 14.0 Å². The van der Waals surface area contributed by atoms with E-state index >= 15 is 0 Å². The number of hydrogen-bond donors (Lipinski definition) is 1. The van der Waals surface area contributed by atoms with Crippen molar-refractivity contribution in [2.45, 2.75) is 19.8 Å². The molecular weight excluding hydrogens is 333 g/mol. The fourth-order valence-corrected chi connectivity index (χ4v) is 2.16. The lowest BCUT2D eigenvalue weighted by Gasteiger charge is -2.08. The van der Waals surface area contributed by atoms with Crippen LogP contribution in [0.15, 0.2) is 42.5 Å². The molecule has 0 atom stereocenters. The molecule has 1 amide bonds. The van der Waals surface area contributed by atoms with E-state index in [1.165, 1.54) is 12.1 Å². The third-order valence-electron chi connectivity index (χ3n) is 3.35. The zero-order valence-corrected chi connectivity index (χ0v) is 13.9. The lowest BCUT2D eigenvalue weighted by atomic mass is 10.1. The average molecular weight is 350 g/mol. The van der Waals surface area contributed by atoms with Crippen molar-refractivity contribution in [3.8, 4) is 0 Å². The number of hydrogen-bond acceptors (Lipinski definition) is 3. The quantitative estimate of drug-likeness (QED) is 0.805.